The van der Waals surface area contributed by atoms with Crippen LogP contribution >= 0.6 is 15.9 Å². The summed E-state index contributed by atoms with van der Waals surface area (Å²) in [5, 5.41) is 2.17. The zero-order valence-electron chi connectivity index (χ0n) is 12.2. The minimum atomic E-state index is -1.37. The highest BCUT2D eigenvalue weighted by Gasteiger charge is 2.24. The number of carbonyl (C=O) groups is 2. The number of rotatable bonds is 5. The Morgan fingerprint density at radius 1 is 1.12 bits per heavy atom. The highest BCUT2D eigenvalue weighted by atomic mass is 79.9. The van der Waals surface area contributed by atoms with Gasteiger partial charge in [0.05, 0.1) is 0 Å². The molecule has 2 rings (SSSR count). The number of benzene rings is 2. The molecule has 4 nitrogen and oxygen atoms in total. The van der Waals surface area contributed by atoms with Gasteiger partial charge < -0.3 is 11.1 Å². The van der Waals surface area contributed by atoms with Crippen molar-refractivity contribution in [3.8, 4) is 0 Å². The molecule has 2 aromatic carbocycles. The lowest BCUT2D eigenvalue weighted by Crippen LogP contribution is -2.46. The van der Waals surface area contributed by atoms with Gasteiger partial charge in [-0.05, 0) is 17.7 Å². The SMILES string of the molecule is NC(=O)[C@H](Cc1cccc(Br)c1)NC(=O)c1c(F)cc(F)cc1F. The van der Waals surface area contributed by atoms with Crippen molar-refractivity contribution in [3.63, 3.8) is 0 Å². The van der Waals surface area contributed by atoms with E-state index in [2.05, 4.69) is 21.2 Å². The van der Waals surface area contributed by atoms with Crippen molar-refractivity contribution in [1.29, 1.82) is 0 Å². The predicted molar refractivity (Wildman–Crippen MR) is 84.6 cm³/mol. The van der Waals surface area contributed by atoms with Crippen molar-refractivity contribution >= 4 is 27.7 Å². The van der Waals surface area contributed by atoms with Gasteiger partial charge in [0.25, 0.3) is 5.91 Å². The topological polar surface area (TPSA) is 72.2 Å². The Labute approximate surface area is 144 Å². The molecule has 0 bridgehead atoms. The van der Waals surface area contributed by atoms with Crippen LogP contribution < -0.4 is 11.1 Å². The second kappa shape index (κ2) is 7.48. The third-order valence-corrected chi connectivity index (χ3v) is 3.70. The minimum Gasteiger partial charge on any atom is -0.368 e. The Morgan fingerprint density at radius 2 is 1.75 bits per heavy atom. The van der Waals surface area contributed by atoms with Crippen LogP contribution in [-0.4, -0.2) is 17.9 Å². The van der Waals surface area contributed by atoms with E-state index in [9.17, 15) is 22.8 Å². The summed E-state index contributed by atoms with van der Waals surface area (Å²) in [7, 11) is 0. The Hall–Kier alpha value is -2.35. The van der Waals surface area contributed by atoms with Gasteiger partial charge >= 0.3 is 0 Å². The van der Waals surface area contributed by atoms with E-state index in [0.29, 0.717) is 17.7 Å². The van der Waals surface area contributed by atoms with Crippen molar-refractivity contribution in [3.05, 3.63) is 69.4 Å². The molecule has 0 spiro atoms. The molecule has 0 unspecified atom stereocenters. The number of halogens is 4. The van der Waals surface area contributed by atoms with Gasteiger partial charge in [-0.2, -0.15) is 0 Å². The summed E-state index contributed by atoms with van der Waals surface area (Å²) in [5.74, 6) is -5.94. The third kappa shape index (κ3) is 4.35. The maximum Gasteiger partial charge on any atom is 0.257 e. The summed E-state index contributed by atoms with van der Waals surface area (Å²) >= 11 is 3.26. The molecule has 0 heterocycles. The molecule has 8 heteroatoms. The van der Waals surface area contributed by atoms with Crippen LogP contribution in [0, 0.1) is 17.5 Å². The summed E-state index contributed by atoms with van der Waals surface area (Å²) in [6, 6.07) is 6.48. The zero-order chi connectivity index (χ0) is 17.9. The van der Waals surface area contributed by atoms with Crippen molar-refractivity contribution in [2.45, 2.75) is 12.5 Å². The van der Waals surface area contributed by atoms with Crippen LogP contribution in [0.3, 0.4) is 0 Å². The molecule has 0 aliphatic carbocycles. The predicted octanol–water partition coefficient (Wildman–Crippen LogP) is 2.69. The number of nitrogens with two attached hydrogens (primary N) is 1. The zero-order valence-corrected chi connectivity index (χ0v) is 13.7. The molecule has 0 fully saturated rings. The van der Waals surface area contributed by atoms with Crippen molar-refractivity contribution in [1.82, 2.24) is 5.32 Å². The highest BCUT2D eigenvalue weighted by Crippen LogP contribution is 2.16. The summed E-state index contributed by atoms with van der Waals surface area (Å²) in [6.07, 6.45) is 0.0327. The third-order valence-electron chi connectivity index (χ3n) is 3.21. The van der Waals surface area contributed by atoms with E-state index in [1.165, 1.54) is 0 Å². The van der Waals surface area contributed by atoms with Gasteiger partial charge in [-0.25, -0.2) is 13.2 Å². The molecule has 126 valence electrons. The summed E-state index contributed by atoms with van der Waals surface area (Å²) in [6.45, 7) is 0. The standard InChI is InChI=1S/C16H12BrF3N2O2/c17-9-3-1-2-8(4-9)5-13(15(21)23)22-16(24)14-11(19)6-10(18)7-12(14)20/h1-4,6-7,13H,5H2,(H2,21,23)(H,22,24)/t13-/m0/s1. The van der Waals surface area contributed by atoms with Gasteiger partial charge in [0, 0.05) is 23.0 Å². The molecule has 0 aliphatic rings. The van der Waals surface area contributed by atoms with Gasteiger partial charge in [0.1, 0.15) is 29.1 Å². The lowest BCUT2D eigenvalue weighted by atomic mass is 10.0. The largest absolute Gasteiger partial charge is 0.368 e. The van der Waals surface area contributed by atoms with Gasteiger partial charge in [0.15, 0.2) is 0 Å². The minimum absolute atomic E-state index is 0.0327. The van der Waals surface area contributed by atoms with Gasteiger partial charge in [0.2, 0.25) is 5.91 Å². The van der Waals surface area contributed by atoms with E-state index >= 15 is 0 Å². The Bertz CT molecular complexity index is 776. The average molecular weight is 401 g/mol. The Morgan fingerprint density at radius 3 is 2.29 bits per heavy atom. The second-order valence-electron chi connectivity index (χ2n) is 5.01. The molecule has 2 amide bonds. The first-order chi connectivity index (χ1) is 11.3. The number of nitrogens with one attached hydrogen (secondary N) is 1. The van der Waals surface area contributed by atoms with Crippen LogP contribution in [0.5, 0.6) is 0 Å². The smallest absolute Gasteiger partial charge is 0.257 e. The maximum atomic E-state index is 13.6. The molecule has 3 N–H and O–H groups in total. The van der Waals surface area contributed by atoms with E-state index in [4.69, 9.17) is 5.73 Å². The lowest BCUT2D eigenvalue weighted by molar-refractivity contribution is -0.119. The van der Waals surface area contributed by atoms with E-state index in [1.54, 1.807) is 24.3 Å². The molecule has 0 saturated heterocycles. The highest BCUT2D eigenvalue weighted by molar-refractivity contribution is 9.10. The number of amides is 2. The van der Waals surface area contributed by atoms with E-state index in [-0.39, 0.29) is 6.42 Å². The fourth-order valence-corrected chi connectivity index (χ4v) is 2.56. The maximum absolute atomic E-state index is 13.6. The average Bonchev–Trinajstić information content (AvgIpc) is 2.45. The molecule has 1 atom stereocenters. The van der Waals surface area contributed by atoms with Crippen molar-refractivity contribution in [2.24, 2.45) is 5.73 Å². The second-order valence-corrected chi connectivity index (χ2v) is 5.92. The molecular formula is C16H12BrF3N2O2. The number of hydrogen-bond donors (Lipinski definition) is 2. The van der Waals surface area contributed by atoms with Crippen molar-refractivity contribution < 1.29 is 22.8 Å². The van der Waals surface area contributed by atoms with Gasteiger partial charge in [-0.3, -0.25) is 9.59 Å². The molecule has 0 aliphatic heterocycles. The fraction of sp³-hybridized carbons (Fsp3) is 0.125. The fourth-order valence-electron chi connectivity index (χ4n) is 2.11. The van der Waals surface area contributed by atoms with Crippen LogP contribution in [0.25, 0.3) is 0 Å². The first-order valence-corrected chi connectivity index (χ1v) is 7.56. The van der Waals surface area contributed by atoms with Crippen LogP contribution in [0.15, 0.2) is 40.9 Å². The van der Waals surface area contributed by atoms with Crippen LogP contribution in [0.1, 0.15) is 15.9 Å². The molecular weight excluding hydrogens is 389 g/mol. The van der Waals surface area contributed by atoms with E-state index in [1.807, 2.05) is 0 Å². The summed E-state index contributed by atoms with van der Waals surface area (Å²) < 4.78 is 40.9. The van der Waals surface area contributed by atoms with Gasteiger partial charge in [-0.15, -0.1) is 0 Å². The number of carbonyl (C=O) groups excluding carboxylic acids is 2. The summed E-state index contributed by atoms with van der Waals surface area (Å²) in [4.78, 5) is 23.6. The monoisotopic (exact) mass is 400 g/mol. The lowest BCUT2D eigenvalue weighted by Gasteiger charge is -2.16. The Kier molecular flexibility index (Phi) is 5.61. The normalized spacial score (nSPS) is 11.8. The van der Waals surface area contributed by atoms with Gasteiger partial charge in [-0.1, -0.05) is 28.1 Å². The van der Waals surface area contributed by atoms with E-state index < -0.39 is 40.9 Å². The molecule has 0 radical (unpaired) electrons. The molecule has 0 saturated carbocycles. The molecule has 2 aromatic rings. The quantitative estimate of drug-likeness (QED) is 0.809. The van der Waals surface area contributed by atoms with Crippen LogP contribution in [0.4, 0.5) is 13.2 Å². The molecule has 0 aromatic heterocycles. The van der Waals surface area contributed by atoms with Crippen LogP contribution in [-0.2, 0) is 11.2 Å². The first-order valence-electron chi connectivity index (χ1n) is 6.77. The van der Waals surface area contributed by atoms with Crippen LogP contribution in [0.2, 0.25) is 0 Å². The van der Waals surface area contributed by atoms with Crippen molar-refractivity contribution in [2.75, 3.05) is 0 Å². The Balaban J connectivity index is 2.22. The number of hydrogen-bond acceptors (Lipinski definition) is 2. The molecule has 24 heavy (non-hydrogen) atoms. The number of primary amides is 1. The van der Waals surface area contributed by atoms with E-state index in [0.717, 1.165) is 4.47 Å². The summed E-state index contributed by atoms with van der Waals surface area (Å²) in [5.41, 5.74) is 4.94. The first kappa shape index (κ1) is 18.0.